The van der Waals surface area contributed by atoms with Crippen molar-refractivity contribution in [1.82, 2.24) is 9.88 Å². The van der Waals surface area contributed by atoms with E-state index in [9.17, 15) is 4.79 Å². The van der Waals surface area contributed by atoms with Crippen LogP contribution < -0.4 is 4.74 Å². The summed E-state index contributed by atoms with van der Waals surface area (Å²) in [6.45, 7) is 5.84. The van der Waals surface area contributed by atoms with Gasteiger partial charge in [-0.15, -0.1) is 0 Å². The summed E-state index contributed by atoms with van der Waals surface area (Å²) in [5.74, 6) is 1.01. The maximum absolute atomic E-state index is 12.3. The van der Waals surface area contributed by atoms with Crippen LogP contribution in [0.2, 0.25) is 0 Å². The molecular formula is C19H24N2O2. The first-order valence-electron chi connectivity index (χ1n) is 8.05. The van der Waals surface area contributed by atoms with Gasteiger partial charge >= 0.3 is 0 Å². The summed E-state index contributed by atoms with van der Waals surface area (Å²) >= 11 is 0. The van der Waals surface area contributed by atoms with Crippen molar-refractivity contribution in [3.05, 3.63) is 59.9 Å². The van der Waals surface area contributed by atoms with Gasteiger partial charge in [0.1, 0.15) is 12.4 Å². The molecular weight excluding hydrogens is 288 g/mol. The minimum Gasteiger partial charge on any atom is -0.492 e. The molecule has 2 aromatic rings. The van der Waals surface area contributed by atoms with Crippen LogP contribution >= 0.6 is 0 Å². The van der Waals surface area contributed by atoms with E-state index in [1.54, 1.807) is 6.20 Å². The first-order valence-corrected chi connectivity index (χ1v) is 8.05. The van der Waals surface area contributed by atoms with Gasteiger partial charge in [-0.25, -0.2) is 0 Å². The maximum atomic E-state index is 12.3. The highest BCUT2D eigenvalue weighted by Crippen LogP contribution is 2.12. The van der Waals surface area contributed by atoms with Gasteiger partial charge in [-0.3, -0.25) is 9.78 Å². The molecule has 0 unspecified atom stereocenters. The number of benzene rings is 1. The molecule has 2 rings (SSSR count). The molecule has 4 heteroatoms. The van der Waals surface area contributed by atoms with Gasteiger partial charge in [0.2, 0.25) is 5.91 Å². The molecule has 0 radical (unpaired) electrons. The predicted octanol–water partition coefficient (Wildman–Crippen LogP) is 3.25. The van der Waals surface area contributed by atoms with Crippen molar-refractivity contribution >= 4 is 5.91 Å². The Kier molecular flexibility index (Phi) is 6.60. The van der Waals surface area contributed by atoms with Crippen LogP contribution in [0.15, 0.2) is 48.8 Å². The molecule has 0 aliphatic rings. The van der Waals surface area contributed by atoms with Crippen LogP contribution in [0.4, 0.5) is 0 Å². The van der Waals surface area contributed by atoms with Gasteiger partial charge in [-0.05, 0) is 49.6 Å². The molecule has 122 valence electrons. The molecule has 0 spiro atoms. The van der Waals surface area contributed by atoms with E-state index in [4.69, 9.17) is 4.74 Å². The van der Waals surface area contributed by atoms with Crippen LogP contribution in [-0.4, -0.2) is 35.5 Å². The predicted molar refractivity (Wildman–Crippen MR) is 91.5 cm³/mol. The zero-order valence-electron chi connectivity index (χ0n) is 13.9. The van der Waals surface area contributed by atoms with Gasteiger partial charge in [-0.2, -0.15) is 0 Å². The second kappa shape index (κ2) is 8.93. The quantitative estimate of drug-likeness (QED) is 0.751. The van der Waals surface area contributed by atoms with Gasteiger partial charge in [0.15, 0.2) is 0 Å². The number of carbonyl (C=O) groups is 1. The Morgan fingerprint density at radius 1 is 1.26 bits per heavy atom. The molecule has 1 aromatic carbocycles. The number of ether oxygens (including phenoxy) is 1. The van der Waals surface area contributed by atoms with E-state index in [0.717, 1.165) is 17.7 Å². The molecule has 0 saturated heterocycles. The van der Waals surface area contributed by atoms with Gasteiger partial charge in [-0.1, -0.05) is 18.2 Å². The molecule has 1 heterocycles. The molecule has 0 fully saturated rings. The summed E-state index contributed by atoms with van der Waals surface area (Å²) in [7, 11) is 0. The van der Waals surface area contributed by atoms with E-state index < -0.39 is 0 Å². The topological polar surface area (TPSA) is 42.4 Å². The van der Waals surface area contributed by atoms with Gasteiger partial charge < -0.3 is 9.64 Å². The standard InChI is InChI=1S/C19H24N2O2/c1-3-21(12-13-23-18-8-4-6-16(2)14-18)19(22)10-9-17-7-5-11-20-15-17/h4-8,11,14-15H,3,9-10,12-13H2,1-2H3. The number of aryl methyl sites for hydroxylation is 2. The van der Waals surface area contributed by atoms with Crippen molar-refractivity contribution in [3.63, 3.8) is 0 Å². The monoisotopic (exact) mass is 312 g/mol. The number of carbonyl (C=O) groups excluding carboxylic acids is 1. The fourth-order valence-electron chi connectivity index (χ4n) is 2.39. The number of aromatic nitrogens is 1. The largest absolute Gasteiger partial charge is 0.492 e. The Balaban J connectivity index is 1.76. The SMILES string of the molecule is CCN(CCOc1cccc(C)c1)C(=O)CCc1cccnc1. The lowest BCUT2D eigenvalue weighted by Crippen LogP contribution is -2.34. The average Bonchev–Trinajstić information content (AvgIpc) is 2.57. The number of rotatable bonds is 8. The summed E-state index contributed by atoms with van der Waals surface area (Å²) in [5, 5.41) is 0. The highest BCUT2D eigenvalue weighted by atomic mass is 16.5. The number of hydrogen-bond donors (Lipinski definition) is 0. The van der Waals surface area contributed by atoms with Gasteiger partial charge in [0.05, 0.1) is 6.54 Å². The summed E-state index contributed by atoms with van der Waals surface area (Å²) in [4.78, 5) is 18.2. The summed E-state index contributed by atoms with van der Waals surface area (Å²) in [6, 6.07) is 11.8. The highest BCUT2D eigenvalue weighted by Gasteiger charge is 2.11. The van der Waals surface area contributed by atoms with Crippen molar-refractivity contribution in [2.24, 2.45) is 0 Å². The van der Waals surface area contributed by atoms with Crippen LogP contribution in [0.1, 0.15) is 24.5 Å². The molecule has 1 aromatic heterocycles. The molecule has 23 heavy (non-hydrogen) atoms. The third kappa shape index (κ3) is 5.74. The zero-order chi connectivity index (χ0) is 16.5. The fourth-order valence-corrected chi connectivity index (χ4v) is 2.39. The minimum atomic E-state index is 0.157. The minimum absolute atomic E-state index is 0.157. The summed E-state index contributed by atoms with van der Waals surface area (Å²) < 4.78 is 5.73. The van der Waals surface area contributed by atoms with Gasteiger partial charge in [0, 0.05) is 25.4 Å². The van der Waals surface area contributed by atoms with Crippen molar-refractivity contribution < 1.29 is 9.53 Å². The fraction of sp³-hybridized carbons (Fsp3) is 0.368. The lowest BCUT2D eigenvalue weighted by molar-refractivity contribution is -0.131. The second-order valence-corrected chi connectivity index (χ2v) is 5.50. The van der Waals surface area contributed by atoms with Crippen molar-refractivity contribution in [2.75, 3.05) is 19.7 Å². The van der Waals surface area contributed by atoms with E-state index in [1.807, 2.05) is 61.3 Å². The zero-order valence-corrected chi connectivity index (χ0v) is 13.9. The lowest BCUT2D eigenvalue weighted by Gasteiger charge is -2.21. The molecule has 1 amide bonds. The smallest absolute Gasteiger partial charge is 0.223 e. The Bertz CT molecular complexity index is 614. The van der Waals surface area contributed by atoms with E-state index in [2.05, 4.69) is 4.98 Å². The Labute approximate surface area is 138 Å². The lowest BCUT2D eigenvalue weighted by atomic mass is 10.1. The summed E-state index contributed by atoms with van der Waals surface area (Å²) in [6.07, 6.45) is 4.78. The Morgan fingerprint density at radius 3 is 2.83 bits per heavy atom. The average molecular weight is 312 g/mol. The van der Waals surface area contributed by atoms with E-state index in [-0.39, 0.29) is 5.91 Å². The number of nitrogens with zero attached hydrogens (tertiary/aromatic N) is 2. The molecule has 0 atom stereocenters. The third-order valence-corrected chi connectivity index (χ3v) is 3.70. The molecule has 0 aliphatic heterocycles. The van der Waals surface area contributed by atoms with Gasteiger partial charge in [0.25, 0.3) is 0 Å². The van der Waals surface area contributed by atoms with E-state index >= 15 is 0 Å². The maximum Gasteiger partial charge on any atom is 0.223 e. The first kappa shape index (κ1) is 17.0. The second-order valence-electron chi connectivity index (χ2n) is 5.50. The Hall–Kier alpha value is -2.36. The molecule has 0 saturated carbocycles. The van der Waals surface area contributed by atoms with Crippen molar-refractivity contribution in [3.8, 4) is 5.75 Å². The normalized spacial score (nSPS) is 10.3. The number of pyridine rings is 1. The number of likely N-dealkylation sites (N-methyl/N-ethyl adjacent to an activating group) is 1. The van der Waals surface area contributed by atoms with E-state index in [0.29, 0.717) is 26.1 Å². The first-order chi connectivity index (χ1) is 11.2. The van der Waals surface area contributed by atoms with Crippen LogP contribution in [0.25, 0.3) is 0 Å². The highest BCUT2D eigenvalue weighted by molar-refractivity contribution is 5.76. The molecule has 0 aliphatic carbocycles. The van der Waals surface area contributed by atoms with Crippen LogP contribution in [-0.2, 0) is 11.2 Å². The van der Waals surface area contributed by atoms with Crippen molar-refractivity contribution in [1.29, 1.82) is 0 Å². The summed E-state index contributed by atoms with van der Waals surface area (Å²) in [5.41, 5.74) is 2.26. The van der Waals surface area contributed by atoms with E-state index in [1.165, 1.54) is 5.56 Å². The number of hydrogen-bond acceptors (Lipinski definition) is 3. The van der Waals surface area contributed by atoms with Crippen LogP contribution in [0, 0.1) is 6.92 Å². The number of amides is 1. The van der Waals surface area contributed by atoms with Crippen LogP contribution in [0.5, 0.6) is 5.75 Å². The van der Waals surface area contributed by atoms with Crippen LogP contribution in [0.3, 0.4) is 0 Å². The third-order valence-electron chi connectivity index (χ3n) is 3.70. The Morgan fingerprint density at radius 2 is 2.13 bits per heavy atom. The molecule has 0 bridgehead atoms. The van der Waals surface area contributed by atoms with Crippen molar-refractivity contribution in [2.45, 2.75) is 26.7 Å². The molecule has 0 N–H and O–H groups in total. The molecule has 4 nitrogen and oxygen atoms in total.